The molecule has 0 spiro atoms. The minimum Gasteiger partial charge on any atom is -0.396 e. The molecule has 5 nitrogen and oxygen atoms in total. The van der Waals surface area contributed by atoms with Crippen LogP contribution in [0.3, 0.4) is 0 Å². The molecule has 114 valence electrons. The Kier molecular flexibility index (Phi) is 5.75. The van der Waals surface area contributed by atoms with Gasteiger partial charge in [0.05, 0.1) is 0 Å². The number of anilines is 1. The van der Waals surface area contributed by atoms with Crippen LogP contribution in [0.15, 0.2) is 31.0 Å². The largest absolute Gasteiger partial charge is 0.396 e. The van der Waals surface area contributed by atoms with Crippen molar-refractivity contribution in [3.05, 3.63) is 36.5 Å². The van der Waals surface area contributed by atoms with E-state index in [4.69, 9.17) is 0 Å². The van der Waals surface area contributed by atoms with Crippen LogP contribution in [0.2, 0.25) is 0 Å². The van der Waals surface area contributed by atoms with Crippen molar-refractivity contribution in [2.24, 2.45) is 0 Å². The Balaban J connectivity index is 1.99. The van der Waals surface area contributed by atoms with Crippen molar-refractivity contribution >= 4 is 11.7 Å². The minimum atomic E-state index is -0.182. The molecule has 0 saturated carbocycles. The molecule has 1 saturated heterocycles. The third kappa shape index (κ3) is 4.29. The third-order valence-corrected chi connectivity index (χ3v) is 3.84. The Bertz CT molecular complexity index is 471. The summed E-state index contributed by atoms with van der Waals surface area (Å²) in [4.78, 5) is 17.9. The summed E-state index contributed by atoms with van der Waals surface area (Å²) in [6.45, 7) is 5.08. The highest BCUT2D eigenvalue weighted by atomic mass is 16.3. The second-order valence-corrected chi connectivity index (χ2v) is 5.30. The monoisotopic (exact) mass is 289 g/mol. The number of aromatic nitrogens is 1. The van der Waals surface area contributed by atoms with Gasteiger partial charge < -0.3 is 15.3 Å². The maximum atomic E-state index is 11.1. The van der Waals surface area contributed by atoms with E-state index >= 15 is 0 Å². The number of aliphatic hydroxyl groups excluding tert-OH is 1. The van der Waals surface area contributed by atoms with Gasteiger partial charge in [0.15, 0.2) is 0 Å². The minimum absolute atomic E-state index is 0.182. The summed E-state index contributed by atoms with van der Waals surface area (Å²) in [5.41, 5.74) is 0.963. The molecule has 1 aliphatic heterocycles. The fourth-order valence-corrected chi connectivity index (χ4v) is 2.70. The molecule has 2 heterocycles. The van der Waals surface area contributed by atoms with Crippen LogP contribution in [0, 0.1) is 0 Å². The third-order valence-electron chi connectivity index (χ3n) is 3.84. The zero-order chi connectivity index (χ0) is 15.1. The van der Waals surface area contributed by atoms with E-state index in [1.165, 1.54) is 18.9 Å². The molecule has 1 aromatic heterocycles. The van der Waals surface area contributed by atoms with E-state index in [0.717, 1.165) is 30.8 Å². The zero-order valence-corrected chi connectivity index (χ0v) is 12.3. The lowest BCUT2D eigenvalue weighted by Gasteiger charge is -2.36. The van der Waals surface area contributed by atoms with Crippen LogP contribution in [0.5, 0.6) is 0 Å². The lowest BCUT2D eigenvalue weighted by Crippen LogP contribution is -2.40. The Morgan fingerprint density at radius 2 is 2.38 bits per heavy atom. The molecule has 2 N–H and O–H groups in total. The molecule has 0 radical (unpaired) electrons. The predicted molar refractivity (Wildman–Crippen MR) is 83.0 cm³/mol. The first-order valence-corrected chi connectivity index (χ1v) is 7.47. The Morgan fingerprint density at radius 3 is 3.05 bits per heavy atom. The van der Waals surface area contributed by atoms with Crippen LogP contribution < -0.4 is 10.2 Å². The average Bonchev–Trinajstić information content (AvgIpc) is 2.54. The molecule has 5 heteroatoms. The summed E-state index contributed by atoms with van der Waals surface area (Å²) < 4.78 is 0. The van der Waals surface area contributed by atoms with Crippen molar-refractivity contribution in [1.82, 2.24) is 10.3 Å². The van der Waals surface area contributed by atoms with Gasteiger partial charge in [-0.05, 0) is 43.4 Å². The van der Waals surface area contributed by atoms with Gasteiger partial charge in [0.2, 0.25) is 5.91 Å². The summed E-state index contributed by atoms with van der Waals surface area (Å²) >= 11 is 0. The molecule has 1 unspecified atom stereocenters. The molecule has 0 aliphatic carbocycles. The van der Waals surface area contributed by atoms with Crippen LogP contribution in [0.4, 0.5) is 5.82 Å². The average molecular weight is 289 g/mol. The van der Waals surface area contributed by atoms with Crippen molar-refractivity contribution in [1.29, 1.82) is 0 Å². The normalized spacial score (nSPS) is 18.3. The number of amides is 1. The highest BCUT2D eigenvalue weighted by molar-refractivity contribution is 5.86. The lowest BCUT2D eigenvalue weighted by atomic mass is 9.99. The highest BCUT2D eigenvalue weighted by Gasteiger charge is 2.22. The van der Waals surface area contributed by atoms with E-state index in [1.807, 2.05) is 12.1 Å². The molecule has 1 amide bonds. The van der Waals surface area contributed by atoms with Gasteiger partial charge in [-0.15, -0.1) is 0 Å². The summed E-state index contributed by atoms with van der Waals surface area (Å²) in [6.07, 6.45) is 7.34. The lowest BCUT2D eigenvalue weighted by molar-refractivity contribution is -0.116. The molecule has 1 aliphatic rings. The fourth-order valence-electron chi connectivity index (χ4n) is 2.70. The van der Waals surface area contributed by atoms with E-state index in [1.54, 1.807) is 6.20 Å². The molecule has 1 aromatic rings. The van der Waals surface area contributed by atoms with Crippen molar-refractivity contribution in [3.63, 3.8) is 0 Å². The zero-order valence-electron chi connectivity index (χ0n) is 12.3. The second-order valence-electron chi connectivity index (χ2n) is 5.30. The van der Waals surface area contributed by atoms with E-state index in [-0.39, 0.29) is 12.5 Å². The van der Waals surface area contributed by atoms with Crippen molar-refractivity contribution in [2.45, 2.75) is 38.3 Å². The molecular formula is C16H23N3O2. The molecule has 21 heavy (non-hydrogen) atoms. The number of piperidine rings is 1. The maximum Gasteiger partial charge on any atom is 0.243 e. The van der Waals surface area contributed by atoms with Crippen LogP contribution in [0.1, 0.15) is 31.2 Å². The van der Waals surface area contributed by atoms with Gasteiger partial charge in [-0.25, -0.2) is 4.98 Å². The fraction of sp³-hybridized carbons (Fsp3) is 0.500. The van der Waals surface area contributed by atoms with Gasteiger partial charge >= 0.3 is 0 Å². The first kappa shape index (κ1) is 15.5. The quantitative estimate of drug-likeness (QED) is 0.781. The van der Waals surface area contributed by atoms with Gasteiger partial charge in [0, 0.05) is 31.9 Å². The van der Waals surface area contributed by atoms with Crippen LogP contribution in [-0.4, -0.2) is 35.2 Å². The van der Waals surface area contributed by atoms with Crippen molar-refractivity contribution < 1.29 is 9.90 Å². The smallest absolute Gasteiger partial charge is 0.243 e. The van der Waals surface area contributed by atoms with Gasteiger partial charge in [-0.3, -0.25) is 4.79 Å². The van der Waals surface area contributed by atoms with Gasteiger partial charge in [-0.2, -0.15) is 0 Å². The number of nitrogens with zero attached hydrogens (tertiary/aromatic N) is 2. The Morgan fingerprint density at radius 1 is 1.52 bits per heavy atom. The van der Waals surface area contributed by atoms with Gasteiger partial charge in [0.25, 0.3) is 0 Å². The molecule has 2 rings (SSSR count). The van der Waals surface area contributed by atoms with E-state index < -0.39 is 0 Å². The summed E-state index contributed by atoms with van der Waals surface area (Å²) in [6, 6.07) is 4.35. The Labute approximate surface area is 125 Å². The predicted octanol–water partition coefficient (Wildman–Crippen LogP) is 1.63. The number of hydrogen-bond donors (Lipinski definition) is 2. The number of pyridine rings is 1. The van der Waals surface area contributed by atoms with Gasteiger partial charge in [-0.1, -0.05) is 12.6 Å². The molecule has 0 aromatic carbocycles. The summed E-state index contributed by atoms with van der Waals surface area (Å²) in [5, 5.41) is 11.9. The number of carbonyl (C=O) groups is 1. The number of aliphatic hydroxyl groups is 1. The topological polar surface area (TPSA) is 65.5 Å². The number of carbonyl (C=O) groups excluding carboxylic acids is 1. The first-order chi connectivity index (χ1) is 10.2. The number of rotatable bonds is 6. The van der Waals surface area contributed by atoms with Crippen LogP contribution in [0.25, 0.3) is 0 Å². The second kappa shape index (κ2) is 7.78. The van der Waals surface area contributed by atoms with Crippen molar-refractivity contribution in [3.8, 4) is 0 Å². The van der Waals surface area contributed by atoms with Gasteiger partial charge in [0.1, 0.15) is 5.82 Å². The molecular weight excluding hydrogens is 266 g/mol. The van der Waals surface area contributed by atoms with Crippen LogP contribution >= 0.6 is 0 Å². The molecule has 0 bridgehead atoms. The number of nitrogens with one attached hydrogen (secondary N) is 1. The van der Waals surface area contributed by atoms with E-state index in [2.05, 4.69) is 21.8 Å². The van der Waals surface area contributed by atoms with E-state index in [0.29, 0.717) is 12.6 Å². The molecule has 1 fully saturated rings. The summed E-state index contributed by atoms with van der Waals surface area (Å²) in [5.74, 6) is 0.769. The SMILES string of the molecule is C=CC(=O)NCc1ccc(N2CCCCC2CCO)nc1. The molecule has 1 atom stereocenters. The van der Waals surface area contributed by atoms with E-state index in [9.17, 15) is 9.90 Å². The van der Waals surface area contributed by atoms with Crippen molar-refractivity contribution in [2.75, 3.05) is 18.1 Å². The Hall–Kier alpha value is -1.88. The van der Waals surface area contributed by atoms with Crippen LogP contribution in [-0.2, 0) is 11.3 Å². The summed E-state index contributed by atoms with van der Waals surface area (Å²) in [7, 11) is 0. The maximum absolute atomic E-state index is 11.1. The standard InChI is InChI=1S/C16H23N3O2/c1-2-16(21)18-12-13-6-7-15(17-11-13)19-9-4-3-5-14(19)8-10-20/h2,6-7,11,14,20H,1,3-5,8-10,12H2,(H,18,21). The first-order valence-electron chi connectivity index (χ1n) is 7.47. The highest BCUT2D eigenvalue weighted by Crippen LogP contribution is 2.24. The number of hydrogen-bond acceptors (Lipinski definition) is 4.